The predicted octanol–water partition coefficient (Wildman–Crippen LogP) is 4.54. The molecular weight excluding hydrogens is 406 g/mol. The Morgan fingerprint density at radius 2 is 1.47 bits per heavy atom. The molecule has 6 heteroatoms. The van der Waals surface area contributed by atoms with Crippen LogP contribution in [0.5, 0.6) is 23.0 Å². The number of methoxy groups -OCH3 is 3. The number of aryl methyl sites for hydroxylation is 1. The Morgan fingerprint density at radius 1 is 0.781 bits per heavy atom. The smallest absolute Gasteiger partial charge is 0.220 e. The standard InChI is InChI=1S/C26H29NO5/c1-29-23-15-20(16-24(30-2)26(23)31-3)12-13-25(28)27-17-21-10-7-11-22(14-21)32-18-19-8-5-4-6-9-19/h4-11,14-16H,12-13,17-18H2,1-3H3,(H,27,28). The zero-order chi connectivity index (χ0) is 22.8. The van der Waals surface area contributed by atoms with E-state index in [4.69, 9.17) is 18.9 Å². The van der Waals surface area contributed by atoms with Gasteiger partial charge in [-0.25, -0.2) is 0 Å². The summed E-state index contributed by atoms with van der Waals surface area (Å²) >= 11 is 0. The molecule has 0 unspecified atom stereocenters. The van der Waals surface area contributed by atoms with Crippen molar-refractivity contribution in [2.24, 2.45) is 0 Å². The average Bonchev–Trinajstić information content (AvgIpc) is 2.85. The van der Waals surface area contributed by atoms with Gasteiger partial charge in [-0.2, -0.15) is 0 Å². The van der Waals surface area contributed by atoms with Crippen LogP contribution in [0, 0.1) is 0 Å². The van der Waals surface area contributed by atoms with E-state index in [2.05, 4.69) is 5.32 Å². The van der Waals surface area contributed by atoms with Crippen molar-refractivity contribution in [3.05, 3.63) is 83.4 Å². The first-order valence-electron chi connectivity index (χ1n) is 10.4. The Kier molecular flexibility index (Phi) is 8.37. The van der Waals surface area contributed by atoms with Gasteiger partial charge in [-0.3, -0.25) is 4.79 Å². The maximum atomic E-state index is 12.4. The van der Waals surface area contributed by atoms with Crippen LogP contribution in [-0.2, 0) is 24.4 Å². The minimum atomic E-state index is -0.0330. The molecule has 0 saturated heterocycles. The van der Waals surface area contributed by atoms with Crippen LogP contribution >= 0.6 is 0 Å². The van der Waals surface area contributed by atoms with Gasteiger partial charge in [-0.1, -0.05) is 42.5 Å². The number of carbonyl (C=O) groups is 1. The fourth-order valence-electron chi connectivity index (χ4n) is 3.31. The molecule has 0 spiro atoms. The lowest BCUT2D eigenvalue weighted by Crippen LogP contribution is -2.23. The molecule has 0 radical (unpaired) electrons. The lowest BCUT2D eigenvalue weighted by molar-refractivity contribution is -0.121. The summed E-state index contributed by atoms with van der Waals surface area (Å²) in [5, 5.41) is 2.97. The van der Waals surface area contributed by atoms with Gasteiger partial charge in [0.15, 0.2) is 11.5 Å². The summed E-state index contributed by atoms with van der Waals surface area (Å²) < 4.78 is 21.9. The number of hydrogen-bond donors (Lipinski definition) is 1. The van der Waals surface area contributed by atoms with Crippen molar-refractivity contribution in [3.8, 4) is 23.0 Å². The van der Waals surface area contributed by atoms with Crippen LogP contribution in [-0.4, -0.2) is 27.2 Å². The fourth-order valence-corrected chi connectivity index (χ4v) is 3.31. The van der Waals surface area contributed by atoms with Crippen LogP contribution in [0.4, 0.5) is 0 Å². The monoisotopic (exact) mass is 435 g/mol. The van der Waals surface area contributed by atoms with Crippen molar-refractivity contribution in [1.82, 2.24) is 5.32 Å². The van der Waals surface area contributed by atoms with Gasteiger partial charge in [-0.15, -0.1) is 0 Å². The van der Waals surface area contributed by atoms with E-state index < -0.39 is 0 Å². The SMILES string of the molecule is COc1cc(CCC(=O)NCc2cccc(OCc3ccccc3)c2)cc(OC)c1OC. The van der Waals surface area contributed by atoms with Crippen LogP contribution in [0.3, 0.4) is 0 Å². The van der Waals surface area contributed by atoms with Crippen LogP contribution in [0.1, 0.15) is 23.1 Å². The summed E-state index contributed by atoms with van der Waals surface area (Å²) in [6.07, 6.45) is 0.908. The topological polar surface area (TPSA) is 66.0 Å². The van der Waals surface area contributed by atoms with Crippen molar-refractivity contribution in [3.63, 3.8) is 0 Å². The molecule has 0 heterocycles. The molecule has 6 nitrogen and oxygen atoms in total. The van der Waals surface area contributed by atoms with E-state index >= 15 is 0 Å². The van der Waals surface area contributed by atoms with Crippen LogP contribution in [0.25, 0.3) is 0 Å². The largest absolute Gasteiger partial charge is 0.493 e. The summed E-state index contributed by atoms with van der Waals surface area (Å²) in [6, 6.07) is 21.5. The molecule has 32 heavy (non-hydrogen) atoms. The fraction of sp³-hybridized carbons (Fsp3) is 0.269. The first kappa shape index (κ1) is 23.0. The van der Waals surface area contributed by atoms with E-state index in [1.54, 1.807) is 21.3 Å². The van der Waals surface area contributed by atoms with Crippen molar-refractivity contribution < 1.29 is 23.7 Å². The maximum Gasteiger partial charge on any atom is 0.220 e. The molecule has 3 aromatic rings. The summed E-state index contributed by atoms with van der Waals surface area (Å²) in [5.74, 6) is 2.44. The van der Waals surface area contributed by atoms with E-state index in [0.29, 0.717) is 43.2 Å². The number of nitrogens with one attached hydrogen (secondary N) is 1. The Labute approximate surface area is 189 Å². The van der Waals surface area contributed by atoms with Crippen LogP contribution in [0.15, 0.2) is 66.7 Å². The minimum Gasteiger partial charge on any atom is -0.493 e. The van der Waals surface area contributed by atoms with Crippen molar-refractivity contribution >= 4 is 5.91 Å². The third-order valence-corrected chi connectivity index (χ3v) is 5.00. The first-order chi connectivity index (χ1) is 15.6. The Morgan fingerprint density at radius 3 is 2.12 bits per heavy atom. The van der Waals surface area contributed by atoms with E-state index in [1.165, 1.54) is 0 Å². The zero-order valence-electron chi connectivity index (χ0n) is 18.7. The molecule has 0 aromatic heterocycles. The van der Waals surface area contributed by atoms with Gasteiger partial charge < -0.3 is 24.3 Å². The van der Waals surface area contributed by atoms with Gasteiger partial charge in [0.25, 0.3) is 0 Å². The van der Waals surface area contributed by atoms with Crippen molar-refractivity contribution in [2.45, 2.75) is 26.0 Å². The van der Waals surface area contributed by atoms with E-state index in [-0.39, 0.29) is 5.91 Å². The van der Waals surface area contributed by atoms with Crippen LogP contribution < -0.4 is 24.3 Å². The molecule has 0 fully saturated rings. The summed E-state index contributed by atoms with van der Waals surface area (Å²) in [4.78, 5) is 12.4. The molecule has 0 bridgehead atoms. The van der Waals surface area contributed by atoms with Gasteiger partial charge in [0.1, 0.15) is 12.4 Å². The molecule has 3 rings (SSSR count). The molecule has 0 aliphatic heterocycles. The molecule has 0 aliphatic carbocycles. The van der Waals surface area contributed by atoms with E-state index in [1.807, 2.05) is 66.7 Å². The Balaban J connectivity index is 1.51. The molecular formula is C26H29NO5. The number of amides is 1. The van der Waals surface area contributed by atoms with Crippen LogP contribution in [0.2, 0.25) is 0 Å². The second-order valence-corrected chi connectivity index (χ2v) is 7.23. The first-order valence-corrected chi connectivity index (χ1v) is 10.4. The highest BCUT2D eigenvalue weighted by molar-refractivity contribution is 5.76. The molecule has 168 valence electrons. The summed E-state index contributed by atoms with van der Waals surface area (Å²) in [6.45, 7) is 0.946. The molecule has 0 atom stereocenters. The van der Waals surface area contributed by atoms with Gasteiger partial charge in [0, 0.05) is 13.0 Å². The normalized spacial score (nSPS) is 10.3. The molecule has 0 saturated carbocycles. The van der Waals surface area contributed by atoms with Gasteiger partial charge >= 0.3 is 0 Å². The van der Waals surface area contributed by atoms with Crippen molar-refractivity contribution in [2.75, 3.05) is 21.3 Å². The van der Waals surface area contributed by atoms with Crippen molar-refractivity contribution in [1.29, 1.82) is 0 Å². The van der Waals surface area contributed by atoms with Gasteiger partial charge in [-0.05, 0) is 47.4 Å². The second kappa shape index (κ2) is 11.6. The van der Waals surface area contributed by atoms with E-state index in [0.717, 1.165) is 22.4 Å². The molecule has 0 aliphatic rings. The third kappa shape index (κ3) is 6.41. The second-order valence-electron chi connectivity index (χ2n) is 7.23. The van der Waals surface area contributed by atoms with Gasteiger partial charge in [0.05, 0.1) is 21.3 Å². The Hall–Kier alpha value is -3.67. The van der Waals surface area contributed by atoms with E-state index in [9.17, 15) is 4.79 Å². The summed E-state index contributed by atoms with van der Waals surface area (Å²) in [5.41, 5.74) is 3.03. The maximum absolute atomic E-state index is 12.4. The molecule has 1 amide bonds. The molecule has 1 N–H and O–H groups in total. The number of hydrogen-bond acceptors (Lipinski definition) is 5. The minimum absolute atomic E-state index is 0.0330. The molecule has 3 aromatic carbocycles. The average molecular weight is 436 g/mol. The highest BCUT2D eigenvalue weighted by Gasteiger charge is 2.14. The number of rotatable bonds is 11. The quantitative estimate of drug-likeness (QED) is 0.479. The third-order valence-electron chi connectivity index (χ3n) is 5.00. The number of benzene rings is 3. The zero-order valence-corrected chi connectivity index (χ0v) is 18.7. The lowest BCUT2D eigenvalue weighted by Gasteiger charge is -2.14. The number of carbonyl (C=O) groups excluding carboxylic acids is 1. The highest BCUT2D eigenvalue weighted by atomic mass is 16.5. The lowest BCUT2D eigenvalue weighted by atomic mass is 10.1. The van der Waals surface area contributed by atoms with Gasteiger partial charge in [0.2, 0.25) is 11.7 Å². The highest BCUT2D eigenvalue weighted by Crippen LogP contribution is 2.38. The Bertz CT molecular complexity index is 995. The number of ether oxygens (including phenoxy) is 4. The predicted molar refractivity (Wildman–Crippen MR) is 123 cm³/mol. The summed E-state index contributed by atoms with van der Waals surface area (Å²) in [7, 11) is 4.71.